The van der Waals surface area contributed by atoms with Crippen molar-refractivity contribution in [2.24, 2.45) is 51.1 Å². The van der Waals surface area contributed by atoms with E-state index in [4.69, 9.17) is 14.9 Å². The number of nitrogens with two attached hydrogens (primary N) is 1. The Hall–Kier alpha value is -2.43. The van der Waals surface area contributed by atoms with Gasteiger partial charge in [-0.25, -0.2) is 0 Å². The Morgan fingerprint density at radius 1 is 1.08 bits per heavy atom. The fourth-order valence-corrected chi connectivity index (χ4v) is 12.8. The molecule has 1 aromatic heterocycles. The summed E-state index contributed by atoms with van der Waals surface area (Å²) in [4.78, 5) is 4.55. The maximum absolute atomic E-state index is 11.3. The third kappa shape index (κ3) is 7.35. The number of allylic oxidation sites excluding steroid dienone is 1. The molecule has 292 valence electrons. The minimum absolute atomic E-state index is 0.0816. The molecule has 53 heavy (non-hydrogen) atoms. The summed E-state index contributed by atoms with van der Waals surface area (Å²) in [6.07, 6.45) is 21.3. The third-order valence-electron chi connectivity index (χ3n) is 15.8. The molecule has 5 saturated carbocycles. The van der Waals surface area contributed by atoms with Crippen LogP contribution in [0.1, 0.15) is 122 Å². The Labute approximate surface area is 315 Å². The van der Waals surface area contributed by atoms with Crippen LogP contribution in [0.3, 0.4) is 0 Å². The van der Waals surface area contributed by atoms with E-state index in [2.05, 4.69) is 36.3 Å². The molecule has 0 unspecified atom stereocenters. The Bertz CT molecular complexity index is 1670. The molecule has 5 aliphatic carbocycles. The van der Waals surface area contributed by atoms with E-state index < -0.39 is 11.8 Å². The van der Waals surface area contributed by atoms with Crippen molar-refractivity contribution in [3.63, 3.8) is 0 Å². The van der Waals surface area contributed by atoms with Gasteiger partial charge in [-0.05, 0) is 144 Å². The zero-order chi connectivity index (χ0) is 37.0. The Kier molecular flexibility index (Phi) is 10.3. The summed E-state index contributed by atoms with van der Waals surface area (Å²) in [5, 5.41) is 48.4. The molecule has 7 N–H and O–H groups in total. The zero-order valence-corrected chi connectivity index (χ0v) is 32.1. The van der Waals surface area contributed by atoms with E-state index in [0.717, 1.165) is 107 Å². The SMILES string of the molecule is C[C@]1([C@@H]2CC[C@H]([C@H](O)NC(N)=NCCc3cccc4cocc34)C2)C[C@@H]2/C(=C\CO)C[C@@]3(CC[C@@H](CC[C@@]4(O)CCC[C@H](O)C4)C3)[C@@H]3O[C@]3(C)CC[C@H]21. The van der Waals surface area contributed by atoms with Crippen LogP contribution in [-0.2, 0) is 11.2 Å². The number of nitrogens with zero attached hydrogens (tertiary/aromatic N) is 1. The number of epoxide rings is 1. The highest BCUT2D eigenvalue weighted by atomic mass is 16.6. The second-order valence-corrected chi connectivity index (χ2v) is 19.1. The maximum atomic E-state index is 11.3. The van der Waals surface area contributed by atoms with Crippen LogP contribution in [0.5, 0.6) is 0 Å². The molecule has 1 aromatic carbocycles. The first-order valence-electron chi connectivity index (χ1n) is 21.0. The minimum Gasteiger partial charge on any atom is -0.471 e. The third-order valence-corrected chi connectivity index (χ3v) is 15.8. The molecule has 0 bridgehead atoms. The molecule has 0 radical (unpaired) electrons. The van der Waals surface area contributed by atoms with Crippen LogP contribution in [-0.4, -0.2) is 69.2 Å². The topological polar surface area (TPSA) is 157 Å². The first-order valence-corrected chi connectivity index (χ1v) is 21.0. The standard InChI is InChI=1S/C44H65N3O6/c1-41(33-9-8-30(21-33)38(50)47-40(45)46-19-13-29-5-3-6-32-26-52-27-36(29)32)25-35-31(14-20-48)23-43(39-42(2,53-39)16-12-37(35)41)17-10-28(22-43)11-18-44(51)15-4-7-34(49)24-44/h3,5-6,14,26-28,30,33-35,37-39,48-51H,4,7-13,15-25H2,1-2H3,(H3,45,46,47)/b31-14-/t28-,30-,33+,34-,35+,37+,38-,39+,41+,42+,43-,44-/m0/s1. The van der Waals surface area contributed by atoms with E-state index in [9.17, 15) is 20.4 Å². The van der Waals surface area contributed by atoms with Crippen LogP contribution in [0, 0.1) is 40.4 Å². The number of fused-ring (bicyclic) bond motifs is 4. The average Bonchev–Trinajstić information content (AvgIpc) is 3.59. The summed E-state index contributed by atoms with van der Waals surface area (Å²) in [5.74, 6) is 2.57. The van der Waals surface area contributed by atoms with Crippen molar-refractivity contribution >= 4 is 16.7 Å². The highest BCUT2D eigenvalue weighted by molar-refractivity contribution is 5.84. The molecular formula is C44H65N3O6. The van der Waals surface area contributed by atoms with Crippen molar-refractivity contribution < 1.29 is 29.6 Å². The molecule has 6 aliphatic rings. The van der Waals surface area contributed by atoms with Gasteiger partial charge >= 0.3 is 0 Å². The van der Waals surface area contributed by atoms with Gasteiger partial charge in [-0.15, -0.1) is 0 Å². The van der Waals surface area contributed by atoms with E-state index in [-0.39, 0.29) is 41.2 Å². The molecule has 8 rings (SSSR count). The van der Waals surface area contributed by atoms with Gasteiger partial charge in [-0.3, -0.25) is 4.99 Å². The first-order chi connectivity index (χ1) is 25.4. The van der Waals surface area contributed by atoms with Crippen molar-refractivity contribution in [1.29, 1.82) is 0 Å². The number of ether oxygens (including phenoxy) is 1. The second kappa shape index (κ2) is 14.6. The Balaban J connectivity index is 0.887. The van der Waals surface area contributed by atoms with Crippen LogP contribution in [0.15, 0.2) is 51.8 Å². The van der Waals surface area contributed by atoms with Gasteiger partial charge in [0.25, 0.3) is 0 Å². The molecule has 9 heteroatoms. The number of aliphatic hydroxyl groups is 4. The fourth-order valence-electron chi connectivity index (χ4n) is 12.8. The molecule has 1 spiro atoms. The molecule has 0 amide bonds. The van der Waals surface area contributed by atoms with Gasteiger partial charge in [0, 0.05) is 35.1 Å². The number of aliphatic imine (C=N–C) groups is 1. The molecular weight excluding hydrogens is 666 g/mol. The largest absolute Gasteiger partial charge is 0.471 e. The normalized spacial score (nSPS) is 42.8. The number of hydrogen-bond donors (Lipinski definition) is 6. The van der Waals surface area contributed by atoms with E-state index >= 15 is 0 Å². The van der Waals surface area contributed by atoms with Crippen molar-refractivity contribution in [3.05, 3.63) is 47.9 Å². The molecule has 1 aliphatic heterocycles. The summed E-state index contributed by atoms with van der Waals surface area (Å²) in [5.41, 5.74) is 8.40. The zero-order valence-electron chi connectivity index (χ0n) is 32.1. The lowest BCUT2D eigenvalue weighted by molar-refractivity contribution is -0.0716. The Morgan fingerprint density at radius 3 is 2.77 bits per heavy atom. The Morgan fingerprint density at radius 2 is 1.94 bits per heavy atom. The van der Waals surface area contributed by atoms with Crippen LogP contribution in [0.4, 0.5) is 0 Å². The summed E-state index contributed by atoms with van der Waals surface area (Å²) in [6, 6.07) is 6.16. The van der Waals surface area contributed by atoms with E-state index in [1.807, 2.05) is 12.1 Å². The maximum Gasteiger partial charge on any atom is 0.190 e. The van der Waals surface area contributed by atoms with E-state index in [1.165, 1.54) is 17.6 Å². The van der Waals surface area contributed by atoms with Crippen molar-refractivity contribution in [1.82, 2.24) is 5.32 Å². The number of rotatable bonds is 10. The summed E-state index contributed by atoms with van der Waals surface area (Å²) >= 11 is 0. The second-order valence-electron chi connectivity index (χ2n) is 19.1. The summed E-state index contributed by atoms with van der Waals surface area (Å²) in [6.45, 7) is 5.47. The van der Waals surface area contributed by atoms with Gasteiger partial charge in [0.2, 0.25) is 0 Å². The minimum atomic E-state index is -0.718. The highest BCUT2D eigenvalue weighted by Crippen LogP contribution is 2.69. The summed E-state index contributed by atoms with van der Waals surface area (Å²) < 4.78 is 12.1. The lowest BCUT2D eigenvalue weighted by Gasteiger charge is -2.58. The molecule has 2 heterocycles. The highest BCUT2D eigenvalue weighted by Gasteiger charge is 2.67. The van der Waals surface area contributed by atoms with Gasteiger partial charge in [0.15, 0.2) is 5.96 Å². The number of benzene rings is 1. The predicted molar refractivity (Wildman–Crippen MR) is 207 cm³/mol. The average molecular weight is 732 g/mol. The van der Waals surface area contributed by atoms with Gasteiger partial charge in [-0.1, -0.05) is 36.8 Å². The van der Waals surface area contributed by atoms with E-state index in [1.54, 1.807) is 12.5 Å². The van der Waals surface area contributed by atoms with E-state index in [0.29, 0.717) is 42.6 Å². The van der Waals surface area contributed by atoms with Crippen molar-refractivity contribution in [2.45, 2.75) is 153 Å². The van der Waals surface area contributed by atoms with Crippen LogP contribution in [0.2, 0.25) is 0 Å². The quantitative estimate of drug-likeness (QED) is 0.0516. The lowest BCUT2D eigenvalue weighted by atomic mass is 9.46. The van der Waals surface area contributed by atoms with Gasteiger partial charge in [0.05, 0.1) is 42.5 Å². The lowest BCUT2D eigenvalue weighted by Crippen LogP contribution is -2.51. The smallest absolute Gasteiger partial charge is 0.190 e. The van der Waals surface area contributed by atoms with Crippen molar-refractivity contribution in [2.75, 3.05) is 13.2 Å². The number of nitrogens with one attached hydrogen (secondary N) is 1. The molecule has 1 saturated heterocycles. The van der Waals surface area contributed by atoms with Gasteiger partial charge < -0.3 is 40.6 Å². The molecule has 6 fully saturated rings. The molecule has 2 aromatic rings. The van der Waals surface area contributed by atoms with Crippen LogP contribution >= 0.6 is 0 Å². The number of aliphatic hydroxyl groups excluding tert-OH is 3. The number of furan rings is 1. The predicted octanol–water partition coefficient (Wildman–Crippen LogP) is 6.75. The number of hydrogen-bond acceptors (Lipinski definition) is 7. The summed E-state index contributed by atoms with van der Waals surface area (Å²) in [7, 11) is 0. The number of guanidine groups is 1. The van der Waals surface area contributed by atoms with Crippen molar-refractivity contribution in [3.8, 4) is 0 Å². The van der Waals surface area contributed by atoms with Crippen LogP contribution in [0.25, 0.3) is 10.8 Å². The molecule has 9 nitrogen and oxygen atoms in total. The fraction of sp³-hybridized carbons (Fsp3) is 0.750. The van der Waals surface area contributed by atoms with Crippen LogP contribution < -0.4 is 11.1 Å². The van der Waals surface area contributed by atoms with Gasteiger partial charge in [0.1, 0.15) is 6.23 Å². The monoisotopic (exact) mass is 731 g/mol. The molecule has 12 atom stereocenters. The first kappa shape index (κ1) is 37.5. The van der Waals surface area contributed by atoms with Gasteiger partial charge in [-0.2, -0.15) is 0 Å².